The van der Waals surface area contributed by atoms with Crippen LogP contribution < -0.4 is 29.2 Å². The molecule has 4 rings (SSSR count). The number of esters is 1. The third kappa shape index (κ3) is 4.30. The number of pyridine rings is 1. The number of hydrogen-bond acceptors (Lipinski definition) is 9. The fourth-order valence-electron chi connectivity index (χ4n) is 4.38. The number of carbonyl (C=O) groups is 1. The molecule has 198 valence electrons. The molecule has 10 heteroatoms. The average Bonchev–Trinajstić information content (AvgIpc) is 2.95. The van der Waals surface area contributed by atoms with E-state index >= 15 is 0 Å². The van der Waals surface area contributed by atoms with Crippen LogP contribution in [0.15, 0.2) is 53.3 Å². The number of aromatic nitrogens is 1. The van der Waals surface area contributed by atoms with E-state index in [9.17, 15) is 14.7 Å². The van der Waals surface area contributed by atoms with Gasteiger partial charge in [0.1, 0.15) is 11.4 Å². The lowest BCUT2D eigenvalue weighted by atomic mass is 9.95. The zero-order valence-corrected chi connectivity index (χ0v) is 21.8. The molecule has 0 atom stereocenters. The Balaban J connectivity index is 2.30. The van der Waals surface area contributed by atoms with E-state index in [1.807, 2.05) is 0 Å². The number of nitrogens with zero attached hydrogens (tertiary/aromatic N) is 1. The molecule has 0 unspecified atom stereocenters. The number of aromatic hydroxyl groups is 1. The first-order chi connectivity index (χ1) is 18.3. The summed E-state index contributed by atoms with van der Waals surface area (Å²) in [6, 6.07) is 12.4. The van der Waals surface area contributed by atoms with Crippen LogP contribution in [0.4, 0.5) is 0 Å². The Labute approximate surface area is 218 Å². The van der Waals surface area contributed by atoms with Gasteiger partial charge in [-0.3, -0.25) is 9.36 Å². The molecule has 1 aromatic heterocycles. The summed E-state index contributed by atoms with van der Waals surface area (Å²) in [5, 5.41) is 10.5. The number of fused-ring (bicyclic) bond motifs is 1. The van der Waals surface area contributed by atoms with Gasteiger partial charge in [0.05, 0.1) is 48.0 Å². The molecule has 0 saturated heterocycles. The van der Waals surface area contributed by atoms with E-state index in [0.29, 0.717) is 50.9 Å². The molecule has 0 aliphatic carbocycles. The number of carbonyl (C=O) groups excluding carboxylic acids is 1. The van der Waals surface area contributed by atoms with Crippen molar-refractivity contribution >= 4 is 16.7 Å². The minimum atomic E-state index is -0.768. The van der Waals surface area contributed by atoms with E-state index in [0.717, 1.165) is 0 Å². The van der Waals surface area contributed by atoms with Gasteiger partial charge >= 0.3 is 5.97 Å². The van der Waals surface area contributed by atoms with Crippen molar-refractivity contribution in [2.45, 2.75) is 0 Å². The maximum absolute atomic E-state index is 14.0. The van der Waals surface area contributed by atoms with E-state index < -0.39 is 11.5 Å². The Kier molecular flexibility index (Phi) is 7.33. The Morgan fingerprint density at radius 2 is 1.24 bits per heavy atom. The molecule has 4 aromatic rings. The van der Waals surface area contributed by atoms with Crippen LogP contribution in [0.2, 0.25) is 0 Å². The Hall–Kier alpha value is -4.86. The van der Waals surface area contributed by atoms with Crippen molar-refractivity contribution in [2.24, 2.45) is 0 Å². The summed E-state index contributed by atoms with van der Waals surface area (Å²) in [4.78, 5) is 27.4. The van der Waals surface area contributed by atoms with Crippen LogP contribution in [0.25, 0.3) is 27.6 Å². The number of rotatable bonds is 8. The molecule has 3 aromatic carbocycles. The lowest BCUT2D eigenvalue weighted by Gasteiger charge is -2.21. The molecule has 10 nitrogen and oxygen atoms in total. The Morgan fingerprint density at radius 3 is 1.71 bits per heavy atom. The van der Waals surface area contributed by atoms with E-state index in [1.165, 1.54) is 71.5 Å². The molecule has 0 bridgehead atoms. The van der Waals surface area contributed by atoms with Crippen LogP contribution >= 0.6 is 0 Å². The topological polar surface area (TPSA) is 115 Å². The van der Waals surface area contributed by atoms with Gasteiger partial charge < -0.3 is 33.5 Å². The SMILES string of the molecule is COC(=O)c1c(-c2cc(OC)c(OC)c(OC)c2)c2cc(OC)c(OC)cc2c(=O)n1-c1ccc(O)cc1. The van der Waals surface area contributed by atoms with Gasteiger partial charge in [-0.1, -0.05) is 0 Å². The predicted octanol–water partition coefficient (Wildman–Crippen LogP) is 4.19. The van der Waals surface area contributed by atoms with Crippen molar-refractivity contribution in [2.75, 3.05) is 42.7 Å². The maximum Gasteiger partial charge on any atom is 0.355 e. The van der Waals surface area contributed by atoms with Crippen LogP contribution in [0.3, 0.4) is 0 Å². The lowest BCUT2D eigenvalue weighted by Crippen LogP contribution is -2.27. The monoisotopic (exact) mass is 521 g/mol. The highest BCUT2D eigenvalue weighted by molar-refractivity contribution is 6.08. The van der Waals surface area contributed by atoms with Gasteiger partial charge in [0.15, 0.2) is 23.0 Å². The van der Waals surface area contributed by atoms with Crippen LogP contribution in [-0.4, -0.2) is 58.3 Å². The second-order valence-electron chi connectivity index (χ2n) is 8.04. The zero-order valence-electron chi connectivity index (χ0n) is 21.8. The average molecular weight is 522 g/mol. The molecular formula is C28H27NO9. The molecule has 0 radical (unpaired) electrons. The number of methoxy groups -OCH3 is 6. The minimum Gasteiger partial charge on any atom is -0.508 e. The second kappa shape index (κ2) is 10.6. The van der Waals surface area contributed by atoms with Gasteiger partial charge in [0.25, 0.3) is 5.56 Å². The Bertz CT molecular complexity index is 1550. The number of benzene rings is 3. The molecule has 0 spiro atoms. The predicted molar refractivity (Wildman–Crippen MR) is 141 cm³/mol. The summed E-state index contributed by atoms with van der Waals surface area (Å²) in [5.74, 6) is 0.951. The van der Waals surface area contributed by atoms with Crippen molar-refractivity contribution in [3.05, 3.63) is 64.6 Å². The van der Waals surface area contributed by atoms with E-state index in [2.05, 4.69) is 0 Å². The van der Waals surface area contributed by atoms with Crippen molar-refractivity contribution in [3.8, 4) is 51.3 Å². The van der Waals surface area contributed by atoms with Crippen molar-refractivity contribution < 1.29 is 38.3 Å². The van der Waals surface area contributed by atoms with Gasteiger partial charge in [-0.15, -0.1) is 0 Å². The van der Waals surface area contributed by atoms with Crippen molar-refractivity contribution in [1.29, 1.82) is 0 Å². The summed E-state index contributed by atoms with van der Waals surface area (Å²) in [6.07, 6.45) is 0. The molecule has 0 amide bonds. The number of ether oxygens (including phenoxy) is 6. The smallest absolute Gasteiger partial charge is 0.355 e. The molecule has 0 aliphatic heterocycles. The normalized spacial score (nSPS) is 10.7. The van der Waals surface area contributed by atoms with E-state index in [-0.39, 0.29) is 16.8 Å². The number of phenols is 1. The Morgan fingerprint density at radius 1 is 0.711 bits per heavy atom. The zero-order chi connectivity index (χ0) is 27.6. The molecule has 38 heavy (non-hydrogen) atoms. The first kappa shape index (κ1) is 26.2. The quantitative estimate of drug-likeness (QED) is 0.341. The van der Waals surface area contributed by atoms with Gasteiger partial charge in [-0.05, 0) is 54.1 Å². The molecular weight excluding hydrogens is 494 g/mol. The highest BCUT2D eigenvalue weighted by atomic mass is 16.5. The van der Waals surface area contributed by atoms with Crippen molar-refractivity contribution in [3.63, 3.8) is 0 Å². The summed E-state index contributed by atoms with van der Waals surface area (Å²) >= 11 is 0. The van der Waals surface area contributed by atoms with Crippen LogP contribution in [0.1, 0.15) is 10.5 Å². The van der Waals surface area contributed by atoms with Crippen LogP contribution in [0.5, 0.6) is 34.5 Å². The fraction of sp³-hybridized carbons (Fsp3) is 0.214. The number of phenolic OH excluding ortho intramolecular Hbond substituents is 1. The van der Waals surface area contributed by atoms with Gasteiger partial charge in [0, 0.05) is 16.6 Å². The summed E-state index contributed by atoms with van der Waals surface area (Å²) in [6.45, 7) is 0. The van der Waals surface area contributed by atoms with E-state index in [4.69, 9.17) is 28.4 Å². The van der Waals surface area contributed by atoms with Gasteiger partial charge in [-0.2, -0.15) is 0 Å². The first-order valence-corrected chi connectivity index (χ1v) is 11.4. The standard InChI is InChI=1S/C28H27NO9/c1-33-20-13-18-19(14-21(20)34-2)27(31)29(16-7-9-17(30)10-8-16)25(28(32)38-6)24(18)15-11-22(35-3)26(37-5)23(12-15)36-4/h7-14,30H,1-6H3. The van der Waals surface area contributed by atoms with Gasteiger partial charge in [0.2, 0.25) is 5.75 Å². The molecule has 0 saturated carbocycles. The molecule has 1 heterocycles. The summed E-state index contributed by atoms with van der Waals surface area (Å²) < 4.78 is 33.9. The highest BCUT2D eigenvalue weighted by Crippen LogP contribution is 2.45. The maximum atomic E-state index is 14.0. The summed E-state index contributed by atoms with van der Waals surface area (Å²) in [5.41, 5.74) is 0.586. The van der Waals surface area contributed by atoms with Crippen LogP contribution in [0, 0.1) is 0 Å². The lowest BCUT2D eigenvalue weighted by molar-refractivity contribution is 0.0591. The van der Waals surface area contributed by atoms with Crippen molar-refractivity contribution in [1.82, 2.24) is 4.57 Å². The largest absolute Gasteiger partial charge is 0.508 e. The minimum absolute atomic E-state index is 0.00142. The molecule has 1 N–H and O–H groups in total. The second-order valence-corrected chi connectivity index (χ2v) is 8.04. The third-order valence-electron chi connectivity index (χ3n) is 6.13. The van der Waals surface area contributed by atoms with Gasteiger partial charge in [-0.25, -0.2) is 4.79 Å². The first-order valence-electron chi connectivity index (χ1n) is 11.4. The number of hydrogen-bond donors (Lipinski definition) is 1. The third-order valence-corrected chi connectivity index (χ3v) is 6.13. The molecule has 0 fully saturated rings. The highest BCUT2D eigenvalue weighted by Gasteiger charge is 2.28. The van der Waals surface area contributed by atoms with E-state index in [1.54, 1.807) is 24.3 Å². The summed E-state index contributed by atoms with van der Waals surface area (Å²) in [7, 11) is 8.60. The fourth-order valence-corrected chi connectivity index (χ4v) is 4.38. The van der Waals surface area contributed by atoms with Crippen LogP contribution in [-0.2, 0) is 4.74 Å². The molecule has 0 aliphatic rings.